The van der Waals surface area contributed by atoms with Crippen molar-refractivity contribution in [2.75, 3.05) is 9.80 Å². The van der Waals surface area contributed by atoms with E-state index in [9.17, 15) is 0 Å². The highest BCUT2D eigenvalue weighted by molar-refractivity contribution is 7.00. The van der Waals surface area contributed by atoms with Crippen LogP contribution in [0.3, 0.4) is 0 Å². The molecule has 2 bridgehead atoms. The number of rotatable bonds is 3. The zero-order chi connectivity index (χ0) is 50.0. The van der Waals surface area contributed by atoms with Crippen LogP contribution in [0.2, 0.25) is 0 Å². The zero-order valence-electron chi connectivity index (χ0n) is 46.0. The van der Waals surface area contributed by atoms with Gasteiger partial charge in [-0.3, -0.25) is 4.90 Å². The highest BCUT2D eigenvalue weighted by Gasteiger charge is 2.55. The van der Waals surface area contributed by atoms with Crippen LogP contribution in [0.15, 0.2) is 89.3 Å². The molecule has 5 aromatic carbocycles. The van der Waals surface area contributed by atoms with Crippen LogP contribution in [0.1, 0.15) is 211 Å². The standard InChI is InChI=1S/C67H79BN2O/c1-40-33-53-56-54(34-40)70(51-38-47-46(62(6,7)25-26-63(47,8)9)36-43(51)41-19-17-16-18-20-41)52-39-49-48(66(14)29-31-67(49,15)32-30-66)37-50(52)68(56)57-55-58(65(12,13)28-27-64(55,10)11)71-59(57)69(53)42-21-22-44-45(35-42)61(4,5)24-23-60(44,2)3/h16-22,33-39H,23-32H2,1-15H3. The summed E-state index contributed by atoms with van der Waals surface area (Å²) in [4.78, 5) is 5.41. The van der Waals surface area contributed by atoms with E-state index in [0.29, 0.717) is 0 Å². The van der Waals surface area contributed by atoms with E-state index in [1.165, 1.54) is 146 Å². The second-order valence-corrected chi connectivity index (χ2v) is 28.7. The van der Waals surface area contributed by atoms with E-state index in [1.807, 2.05) is 0 Å². The molecule has 0 saturated heterocycles. The van der Waals surface area contributed by atoms with Gasteiger partial charge in [0.15, 0.2) is 5.88 Å². The fraction of sp³-hybridized carbons (Fsp3) is 0.493. The number of benzene rings is 5. The molecule has 6 aromatic rings. The number of nitrogens with zero attached hydrogens (tertiary/aromatic N) is 2. The van der Waals surface area contributed by atoms with Crippen molar-refractivity contribution in [3.63, 3.8) is 0 Å². The minimum Gasteiger partial charge on any atom is -0.444 e. The Morgan fingerprint density at radius 1 is 0.423 bits per heavy atom. The summed E-state index contributed by atoms with van der Waals surface area (Å²) in [6.07, 6.45) is 12.0. The molecule has 1 aromatic heterocycles. The largest absolute Gasteiger partial charge is 0.444 e. The minimum atomic E-state index is -0.102. The predicted molar refractivity (Wildman–Crippen MR) is 302 cm³/mol. The molecule has 8 aliphatic rings. The summed E-state index contributed by atoms with van der Waals surface area (Å²) in [5.41, 5.74) is 25.7. The Morgan fingerprint density at radius 3 is 1.55 bits per heavy atom. The fourth-order valence-corrected chi connectivity index (χ4v) is 15.8. The van der Waals surface area contributed by atoms with Gasteiger partial charge in [0.1, 0.15) is 5.76 Å². The zero-order valence-corrected chi connectivity index (χ0v) is 46.0. The van der Waals surface area contributed by atoms with Crippen LogP contribution < -0.4 is 26.2 Å². The highest BCUT2D eigenvalue weighted by Crippen LogP contribution is 2.60. The maximum absolute atomic E-state index is 7.79. The summed E-state index contributed by atoms with van der Waals surface area (Å²) in [6, 6.07) is 34.8. The molecule has 1 fully saturated rings. The molecule has 0 atom stereocenters. The lowest BCUT2D eigenvalue weighted by Gasteiger charge is -2.53. The van der Waals surface area contributed by atoms with Gasteiger partial charge in [-0.05, 0) is 218 Å². The van der Waals surface area contributed by atoms with E-state index in [1.54, 1.807) is 11.1 Å². The van der Waals surface area contributed by atoms with Crippen molar-refractivity contribution in [1.82, 2.24) is 0 Å². The summed E-state index contributed by atoms with van der Waals surface area (Å²) in [5.74, 6) is 2.24. The van der Waals surface area contributed by atoms with Crippen molar-refractivity contribution >= 4 is 57.4 Å². The van der Waals surface area contributed by atoms with E-state index in [-0.39, 0.29) is 50.0 Å². The van der Waals surface area contributed by atoms with Gasteiger partial charge in [0.05, 0.1) is 5.69 Å². The molecule has 0 N–H and O–H groups in total. The van der Waals surface area contributed by atoms with Crippen LogP contribution in [0, 0.1) is 6.92 Å². The quantitative estimate of drug-likeness (QED) is 0.165. The first-order valence-corrected chi connectivity index (χ1v) is 27.8. The predicted octanol–water partition coefficient (Wildman–Crippen LogP) is 16.5. The van der Waals surface area contributed by atoms with Gasteiger partial charge in [-0.25, -0.2) is 0 Å². The summed E-state index contributed by atoms with van der Waals surface area (Å²) in [7, 11) is 0. The molecule has 71 heavy (non-hydrogen) atoms. The number of anilines is 6. The van der Waals surface area contributed by atoms with E-state index in [4.69, 9.17) is 4.42 Å². The van der Waals surface area contributed by atoms with Gasteiger partial charge in [-0.2, -0.15) is 0 Å². The summed E-state index contributed by atoms with van der Waals surface area (Å²) in [6.45, 7) is 37.3. The fourth-order valence-electron chi connectivity index (χ4n) is 15.8. The van der Waals surface area contributed by atoms with E-state index in [2.05, 4.69) is 199 Å². The topological polar surface area (TPSA) is 19.6 Å². The number of hydrogen-bond acceptors (Lipinski definition) is 3. The lowest BCUT2D eigenvalue weighted by molar-refractivity contribution is 0.188. The first kappa shape index (κ1) is 45.9. The van der Waals surface area contributed by atoms with Gasteiger partial charge < -0.3 is 9.32 Å². The molecule has 0 amide bonds. The maximum atomic E-state index is 7.79. The first-order valence-electron chi connectivity index (χ1n) is 27.8. The van der Waals surface area contributed by atoms with Gasteiger partial charge in [0, 0.05) is 33.7 Å². The third-order valence-electron chi connectivity index (χ3n) is 21.0. The molecule has 0 radical (unpaired) electrons. The minimum absolute atomic E-state index is 0.00196. The number of furan rings is 1. The monoisotopic (exact) mass is 939 g/mol. The van der Waals surface area contributed by atoms with Gasteiger partial charge in [-0.15, -0.1) is 0 Å². The Bertz CT molecular complexity index is 3270. The molecule has 3 heterocycles. The van der Waals surface area contributed by atoms with Gasteiger partial charge >= 0.3 is 0 Å². The molecule has 366 valence electrons. The molecule has 3 nitrogen and oxygen atoms in total. The Balaban J connectivity index is 1.19. The number of hydrogen-bond donors (Lipinski definition) is 0. The molecule has 0 unspecified atom stereocenters. The van der Waals surface area contributed by atoms with Crippen LogP contribution in [-0.4, -0.2) is 6.71 Å². The average Bonchev–Trinajstić information content (AvgIpc) is 3.74. The van der Waals surface area contributed by atoms with Crippen molar-refractivity contribution in [2.45, 2.75) is 211 Å². The van der Waals surface area contributed by atoms with Crippen molar-refractivity contribution in [1.29, 1.82) is 0 Å². The van der Waals surface area contributed by atoms with Crippen LogP contribution in [-0.2, 0) is 43.3 Å². The van der Waals surface area contributed by atoms with E-state index in [0.717, 1.165) is 18.7 Å². The van der Waals surface area contributed by atoms with Gasteiger partial charge in [0.25, 0.3) is 6.71 Å². The molecule has 6 aliphatic carbocycles. The summed E-state index contributed by atoms with van der Waals surface area (Å²) >= 11 is 0. The van der Waals surface area contributed by atoms with E-state index >= 15 is 0 Å². The number of fused-ring (bicyclic) bond motifs is 10. The second kappa shape index (κ2) is 14.2. The lowest BCUT2D eigenvalue weighted by Crippen LogP contribution is -2.63. The van der Waals surface area contributed by atoms with Gasteiger partial charge in [0.2, 0.25) is 0 Å². The van der Waals surface area contributed by atoms with Crippen molar-refractivity contribution in [2.24, 2.45) is 0 Å². The molecule has 14 rings (SSSR count). The van der Waals surface area contributed by atoms with Crippen LogP contribution in [0.4, 0.5) is 34.3 Å². The van der Waals surface area contributed by atoms with Gasteiger partial charge in [-0.1, -0.05) is 139 Å². The lowest BCUT2D eigenvalue weighted by atomic mass is 9.32. The third-order valence-corrected chi connectivity index (χ3v) is 21.0. The average molecular weight is 939 g/mol. The van der Waals surface area contributed by atoms with Crippen molar-refractivity contribution in [3.8, 4) is 11.1 Å². The SMILES string of the molecule is Cc1cc2c3c(c1)N(c1ccc4c(c1)C(C)(C)CCC4(C)C)c1oc4c(c1B3c1cc3c(cc1N2c1cc2c(cc1-c1ccccc1)C(C)(C)CCC2(C)C)C1(C)CCC3(C)CC1)C(C)(C)CCC4(C)C. The first-order chi connectivity index (χ1) is 33.3. The van der Waals surface area contributed by atoms with Crippen molar-refractivity contribution < 1.29 is 4.42 Å². The molecular weight excluding hydrogens is 860 g/mol. The molecular formula is C67H79BN2O. The molecule has 1 saturated carbocycles. The third kappa shape index (κ3) is 6.27. The number of aryl methyl sites for hydroxylation is 1. The Hall–Kier alpha value is -4.96. The van der Waals surface area contributed by atoms with Crippen LogP contribution >= 0.6 is 0 Å². The van der Waals surface area contributed by atoms with Crippen LogP contribution in [0.5, 0.6) is 0 Å². The smallest absolute Gasteiger partial charge is 0.256 e. The van der Waals surface area contributed by atoms with Crippen molar-refractivity contribution in [3.05, 3.63) is 135 Å². The Morgan fingerprint density at radius 2 is 0.930 bits per heavy atom. The normalized spacial score (nSPS) is 25.8. The Labute approximate surface area is 427 Å². The molecule has 2 aliphatic heterocycles. The molecule has 4 heteroatoms. The summed E-state index contributed by atoms with van der Waals surface area (Å²) in [5, 5.41) is 0. The summed E-state index contributed by atoms with van der Waals surface area (Å²) < 4.78 is 7.79. The second-order valence-electron chi connectivity index (χ2n) is 28.7. The highest BCUT2D eigenvalue weighted by atomic mass is 16.4. The maximum Gasteiger partial charge on any atom is 0.256 e. The molecule has 0 spiro atoms. The van der Waals surface area contributed by atoms with E-state index < -0.39 is 0 Å². The van der Waals surface area contributed by atoms with Crippen LogP contribution in [0.25, 0.3) is 11.1 Å². The Kier molecular flexibility index (Phi) is 9.18.